The van der Waals surface area contributed by atoms with E-state index in [2.05, 4.69) is 28.6 Å². The Morgan fingerprint density at radius 1 is 1.15 bits per heavy atom. The van der Waals surface area contributed by atoms with Gasteiger partial charge in [-0.05, 0) is 43.7 Å². The Hall–Kier alpha value is -2.27. The SMILES string of the molecule is CCNC(=NCc1cccc(C#N)c1)NCCOc1ccc(C)cc1.I. The summed E-state index contributed by atoms with van der Waals surface area (Å²) in [4.78, 5) is 4.54. The number of guanidine groups is 1. The van der Waals surface area contributed by atoms with Crippen molar-refractivity contribution in [3.8, 4) is 11.8 Å². The summed E-state index contributed by atoms with van der Waals surface area (Å²) in [5.74, 6) is 1.60. The summed E-state index contributed by atoms with van der Waals surface area (Å²) in [6.45, 7) is 6.58. The number of nitrogens with one attached hydrogen (secondary N) is 2. The fraction of sp³-hybridized carbons (Fsp3) is 0.300. The average molecular weight is 464 g/mol. The van der Waals surface area contributed by atoms with E-state index in [4.69, 9.17) is 10.00 Å². The van der Waals surface area contributed by atoms with Crippen LogP contribution in [-0.2, 0) is 6.54 Å². The molecule has 0 amide bonds. The minimum Gasteiger partial charge on any atom is -0.492 e. The van der Waals surface area contributed by atoms with Crippen LogP contribution in [0.1, 0.15) is 23.6 Å². The van der Waals surface area contributed by atoms with Crippen LogP contribution in [0.5, 0.6) is 5.75 Å². The maximum atomic E-state index is 8.95. The molecule has 0 saturated carbocycles. The van der Waals surface area contributed by atoms with E-state index in [0.717, 1.165) is 23.8 Å². The summed E-state index contributed by atoms with van der Waals surface area (Å²) in [6, 6.07) is 17.6. The largest absolute Gasteiger partial charge is 0.492 e. The molecule has 0 aliphatic carbocycles. The molecule has 2 rings (SSSR count). The van der Waals surface area contributed by atoms with E-state index in [1.807, 2.05) is 49.4 Å². The van der Waals surface area contributed by atoms with Crippen molar-refractivity contribution in [1.29, 1.82) is 5.26 Å². The molecule has 26 heavy (non-hydrogen) atoms. The van der Waals surface area contributed by atoms with Gasteiger partial charge in [-0.2, -0.15) is 5.26 Å². The van der Waals surface area contributed by atoms with Crippen LogP contribution in [0.3, 0.4) is 0 Å². The Morgan fingerprint density at radius 2 is 1.92 bits per heavy atom. The monoisotopic (exact) mass is 464 g/mol. The second-order valence-corrected chi connectivity index (χ2v) is 5.60. The molecule has 0 spiro atoms. The standard InChI is InChI=1S/C20H24N4O.HI/c1-3-22-20(24-15-18-6-4-5-17(13-18)14-21)23-11-12-25-19-9-7-16(2)8-10-19;/h4-10,13H,3,11-12,15H2,1-2H3,(H2,22,23,24);1H. The fourth-order valence-corrected chi connectivity index (χ4v) is 2.22. The molecule has 0 aliphatic rings. The zero-order chi connectivity index (χ0) is 17.9. The van der Waals surface area contributed by atoms with Gasteiger partial charge in [-0.25, -0.2) is 4.99 Å². The number of benzene rings is 2. The second-order valence-electron chi connectivity index (χ2n) is 5.60. The smallest absolute Gasteiger partial charge is 0.191 e. The molecule has 6 heteroatoms. The average Bonchev–Trinajstić information content (AvgIpc) is 2.64. The van der Waals surface area contributed by atoms with Gasteiger partial charge in [-0.1, -0.05) is 29.8 Å². The van der Waals surface area contributed by atoms with Gasteiger partial charge in [0.25, 0.3) is 0 Å². The molecule has 0 atom stereocenters. The van der Waals surface area contributed by atoms with Crippen molar-refractivity contribution in [2.45, 2.75) is 20.4 Å². The summed E-state index contributed by atoms with van der Waals surface area (Å²) < 4.78 is 5.70. The molecule has 0 radical (unpaired) electrons. The molecule has 0 bridgehead atoms. The van der Waals surface area contributed by atoms with Gasteiger partial charge >= 0.3 is 0 Å². The van der Waals surface area contributed by atoms with Crippen LogP contribution in [0, 0.1) is 18.3 Å². The molecule has 2 N–H and O–H groups in total. The van der Waals surface area contributed by atoms with Crippen molar-refractivity contribution in [3.05, 3.63) is 65.2 Å². The Bertz CT molecular complexity index is 738. The number of aliphatic imine (C=N–C) groups is 1. The maximum Gasteiger partial charge on any atom is 0.191 e. The second kappa shape index (κ2) is 12.1. The lowest BCUT2D eigenvalue weighted by Gasteiger charge is -2.12. The highest BCUT2D eigenvalue weighted by molar-refractivity contribution is 14.0. The first-order chi connectivity index (χ1) is 12.2. The topological polar surface area (TPSA) is 69.4 Å². The Labute approximate surface area is 172 Å². The van der Waals surface area contributed by atoms with Crippen LogP contribution >= 0.6 is 24.0 Å². The molecule has 0 saturated heterocycles. The molecule has 2 aromatic rings. The lowest BCUT2D eigenvalue weighted by molar-refractivity contribution is 0.322. The number of halogens is 1. The molecule has 5 nitrogen and oxygen atoms in total. The van der Waals surface area contributed by atoms with Crippen molar-refractivity contribution < 1.29 is 4.74 Å². The fourth-order valence-electron chi connectivity index (χ4n) is 2.22. The van der Waals surface area contributed by atoms with E-state index in [9.17, 15) is 0 Å². The number of nitrogens with zero attached hydrogens (tertiary/aromatic N) is 2. The van der Waals surface area contributed by atoms with Gasteiger partial charge in [0.05, 0.1) is 24.7 Å². The third-order valence-electron chi connectivity index (χ3n) is 3.50. The minimum absolute atomic E-state index is 0. The predicted octanol–water partition coefficient (Wildman–Crippen LogP) is 3.62. The van der Waals surface area contributed by atoms with Crippen molar-refractivity contribution >= 4 is 29.9 Å². The summed E-state index contributed by atoms with van der Waals surface area (Å²) >= 11 is 0. The van der Waals surface area contributed by atoms with Crippen molar-refractivity contribution in [2.24, 2.45) is 4.99 Å². The summed E-state index contributed by atoms with van der Waals surface area (Å²) in [5, 5.41) is 15.4. The van der Waals surface area contributed by atoms with Gasteiger partial charge in [0.15, 0.2) is 5.96 Å². The highest BCUT2D eigenvalue weighted by atomic mass is 127. The number of ether oxygens (including phenoxy) is 1. The quantitative estimate of drug-likeness (QED) is 0.284. The lowest BCUT2D eigenvalue weighted by atomic mass is 10.1. The molecular formula is C20H25IN4O. The van der Waals surface area contributed by atoms with Gasteiger partial charge in [0.1, 0.15) is 12.4 Å². The summed E-state index contributed by atoms with van der Waals surface area (Å²) in [5.41, 5.74) is 2.87. The zero-order valence-corrected chi connectivity index (χ0v) is 17.5. The molecule has 0 fully saturated rings. The van der Waals surface area contributed by atoms with E-state index in [1.54, 1.807) is 6.07 Å². The highest BCUT2D eigenvalue weighted by Gasteiger charge is 1.99. The van der Waals surface area contributed by atoms with Crippen molar-refractivity contribution in [3.63, 3.8) is 0 Å². The Balaban J connectivity index is 0.00000338. The molecule has 0 heterocycles. The van der Waals surface area contributed by atoms with E-state index >= 15 is 0 Å². The normalized spacial score (nSPS) is 10.4. The van der Waals surface area contributed by atoms with Crippen LogP contribution in [0.25, 0.3) is 0 Å². The first-order valence-electron chi connectivity index (χ1n) is 8.42. The van der Waals surface area contributed by atoms with E-state index < -0.39 is 0 Å². The molecule has 2 aromatic carbocycles. The molecule has 0 unspecified atom stereocenters. The van der Waals surface area contributed by atoms with Gasteiger partial charge in [-0.3, -0.25) is 0 Å². The molecular weight excluding hydrogens is 439 g/mol. The first kappa shape index (κ1) is 21.8. The van der Waals surface area contributed by atoms with Crippen LogP contribution in [0.15, 0.2) is 53.5 Å². The first-order valence-corrected chi connectivity index (χ1v) is 8.42. The number of nitriles is 1. The number of hydrogen-bond donors (Lipinski definition) is 2. The van der Waals surface area contributed by atoms with Crippen molar-refractivity contribution in [2.75, 3.05) is 19.7 Å². The third kappa shape index (κ3) is 7.74. The van der Waals surface area contributed by atoms with Crippen molar-refractivity contribution in [1.82, 2.24) is 10.6 Å². The van der Waals surface area contributed by atoms with Crippen LogP contribution in [-0.4, -0.2) is 25.7 Å². The van der Waals surface area contributed by atoms with Crippen LogP contribution in [0.2, 0.25) is 0 Å². The zero-order valence-electron chi connectivity index (χ0n) is 15.2. The maximum absolute atomic E-state index is 8.95. The van der Waals surface area contributed by atoms with Crippen LogP contribution < -0.4 is 15.4 Å². The summed E-state index contributed by atoms with van der Waals surface area (Å²) in [6.07, 6.45) is 0. The van der Waals surface area contributed by atoms with E-state index in [0.29, 0.717) is 25.3 Å². The number of rotatable bonds is 7. The van der Waals surface area contributed by atoms with E-state index in [-0.39, 0.29) is 24.0 Å². The Kier molecular flexibility index (Phi) is 10.2. The van der Waals surface area contributed by atoms with Gasteiger partial charge in [0, 0.05) is 6.54 Å². The van der Waals surface area contributed by atoms with Gasteiger partial charge < -0.3 is 15.4 Å². The molecule has 0 aromatic heterocycles. The minimum atomic E-state index is 0. The number of hydrogen-bond acceptors (Lipinski definition) is 3. The van der Waals surface area contributed by atoms with Crippen LogP contribution in [0.4, 0.5) is 0 Å². The predicted molar refractivity (Wildman–Crippen MR) is 116 cm³/mol. The lowest BCUT2D eigenvalue weighted by Crippen LogP contribution is -2.39. The van der Waals surface area contributed by atoms with E-state index in [1.165, 1.54) is 5.56 Å². The van der Waals surface area contributed by atoms with Gasteiger partial charge in [0.2, 0.25) is 0 Å². The molecule has 0 aliphatic heterocycles. The summed E-state index contributed by atoms with van der Waals surface area (Å²) in [7, 11) is 0. The number of aryl methyl sites for hydroxylation is 1. The molecule has 138 valence electrons. The van der Waals surface area contributed by atoms with Gasteiger partial charge in [-0.15, -0.1) is 24.0 Å². The highest BCUT2D eigenvalue weighted by Crippen LogP contribution is 2.10. The Morgan fingerprint density at radius 3 is 2.62 bits per heavy atom. The third-order valence-corrected chi connectivity index (χ3v) is 3.50.